The molecule has 44 heavy (non-hydrogen) atoms. The first-order chi connectivity index (χ1) is 20.4. The average molecular weight is 627 g/mol. The smallest absolute Gasteiger partial charge is 0.430 e. The van der Waals surface area contributed by atoms with E-state index in [0.29, 0.717) is 24.1 Å². The second kappa shape index (κ2) is 11.4. The molecule has 16 heteroatoms. The number of carbonyl (C=O) groups excluding carboxylic acids is 2. The van der Waals surface area contributed by atoms with Gasteiger partial charge in [-0.2, -0.15) is 26.3 Å². The van der Waals surface area contributed by atoms with E-state index in [9.17, 15) is 51.2 Å². The van der Waals surface area contributed by atoms with E-state index in [-0.39, 0.29) is 41.5 Å². The highest BCUT2D eigenvalue weighted by atomic mass is 19.4. The van der Waals surface area contributed by atoms with Crippen molar-refractivity contribution in [3.05, 3.63) is 93.2 Å². The van der Waals surface area contributed by atoms with Gasteiger partial charge in [0.1, 0.15) is 11.3 Å². The molecule has 2 heterocycles. The number of halogens is 6. The fourth-order valence-corrected chi connectivity index (χ4v) is 4.69. The molecule has 1 saturated heterocycles. The molecule has 3 aromatic rings. The largest absolute Gasteiger partial charge is 0.439 e. The van der Waals surface area contributed by atoms with Gasteiger partial charge in [0.15, 0.2) is 0 Å². The number of nitrogens with zero attached hydrogens (tertiary/aromatic N) is 3. The van der Waals surface area contributed by atoms with Gasteiger partial charge in [-0.15, -0.1) is 0 Å². The van der Waals surface area contributed by atoms with Crippen LogP contribution in [0.5, 0.6) is 11.6 Å². The van der Waals surface area contributed by atoms with Gasteiger partial charge in [-0.3, -0.25) is 19.8 Å². The Morgan fingerprint density at radius 1 is 1.02 bits per heavy atom. The van der Waals surface area contributed by atoms with Gasteiger partial charge in [0.25, 0.3) is 17.2 Å². The van der Waals surface area contributed by atoms with Crippen LogP contribution in [0.1, 0.15) is 42.7 Å². The number of aromatic nitrogens is 1. The predicted octanol–water partition coefficient (Wildman–Crippen LogP) is 6.01. The Kier molecular flexibility index (Phi) is 8.34. The van der Waals surface area contributed by atoms with Crippen molar-refractivity contribution in [2.45, 2.75) is 56.7 Å². The van der Waals surface area contributed by atoms with Crippen molar-refractivity contribution in [3.8, 4) is 11.6 Å². The molecular formula is C28H24F6N4O6. The average Bonchev–Trinajstić information content (AvgIpc) is 3.16. The van der Waals surface area contributed by atoms with Crippen molar-refractivity contribution in [3.63, 3.8) is 0 Å². The zero-order chi connectivity index (χ0) is 32.7. The molecule has 4 rings (SSSR count). The van der Waals surface area contributed by atoms with Gasteiger partial charge in [-0.25, -0.2) is 9.78 Å². The third-order valence-corrected chi connectivity index (χ3v) is 7.06. The van der Waals surface area contributed by atoms with Crippen LogP contribution in [-0.4, -0.2) is 44.2 Å². The monoisotopic (exact) mass is 626 g/mol. The molecule has 0 spiro atoms. The molecule has 1 aromatic heterocycles. The van der Waals surface area contributed by atoms with Crippen LogP contribution >= 0.6 is 0 Å². The Morgan fingerprint density at radius 2 is 1.66 bits per heavy atom. The summed E-state index contributed by atoms with van der Waals surface area (Å²) in [5, 5.41) is 23.3. The fraction of sp³-hybridized carbons (Fsp3) is 0.321. The summed E-state index contributed by atoms with van der Waals surface area (Å²) in [5.74, 6) is -0.931. The van der Waals surface area contributed by atoms with Gasteiger partial charge in [0, 0.05) is 23.8 Å². The zero-order valence-electron chi connectivity index (χ0n) is 23.0. The Hall–Kier alpha value is -4.73. The maximum absolute atomic E-state index is 13.4. The number of amides is 3. The first-order valence-electron chi connectivity index (χ1n) is 12.9. The fourth-order valence-electron chi connectivity index (χ4n) is 4.69. The number of imide groups is 1. The first-order valence-corrected chi connectivity index (χ1v) is 12.9. The number of hydrogen-bond donors (Lipinski definition) is 2. The number of aryl methyl sites for hydroxylation is 1. The highest BCUT2D eigenvalue weighted by Gasteiger charge is 2.71. The lowest BCUT2D eigenvalue weighted by Crippen LogP contribution is -2.53. The number of non-ortho nitro benzene ring substituents is 1. The number of ether oxygens (including phenoxy) is 1. The number of rotatable bonds is 9. The van der Waals surface area contributed by atoms with E-state index in [4.69, 9.17) is 4.74 Å². The molecule has 1 aliphatic heterocycles. The molecule has 1 unspecified atom stereocenters. The van der Waals surface area contributed by atoms with Crippen LogP contribution in [0.2, 0.25) is 0 Å². The molecule has 3 amide bonds. The number of nitrogens with one attached hydrogen (secondary N) is 1. The van der Waals surface area contributed by atoms with Gasteiger partial charge in [0.2, 0.25) is 5.88 Å². The second-order valence-electron chi connectivity index (χ2n) is 10.1. The summed E-state index contributed by atoms with van der Waals surface area (Å²) in [6.45, 7) is 2.73. The molecule has 0 bridgehead atoms. The molecule has 2 aromatic carbocycles. The van der Waals surface area contributed by atoms with Gasteiger partial charge < -0.3 is 15.2 Å². The van der Waals surface area contributed by atoms with Crippen LogP contribution in [0.15, 0.2) is 60.7 Å². The zero-order valence-corrected chi connectivity index (χ0v) is 23.0. The number of alkyl halides is 6. The number of aliphatic hydroxyl groups is 1. The van der Waals surface area contributed by atoms with E-state index in [1.54, 1.807) is 6.92 Å². The summed E-state index contributed by atoms with van der Waals surface area (Å²) in [4.78, 5) is 41.5. The maximum Gasteiger partial charge on any atom is 0.430 e. The maximum atomic E-state index is 13.4. The number of hydrogen-bond acceptors (Lipinski definition) is 7. The standard InChI is InChI=1S/C28H24F6N4O6/c1-3-5-16-14-18(26(41,27(29,30)31)28(32,33)34)10-13-21(16)44-22-7-4-6-19(35-22)15-37-23(39)25(2,36-24(37)40)17-8-11-20(12-9-17)38(42)43/h4,6-14,41H,3,5,15H2,1-2H3,(H,36,40). The van der Waals surface area contributed by atoms with Crippen molar-refractivity contribution < 1.29 is 50.7 Å². The van der Waals surface area contributed by atoms with E-state index < -0.39 is 45.9 Å². The van der Waals surface area contributed by atoms with Gasteiger partial charge in [0.05, 0.1) is 17.2 Å². The van der Waals surface area contributed by atoms with Crippen molar-refractivity contribution in [1.29, 1.82) is 0 Å². The van der Waals surface area contributed by atoms with Crippen LogP contribution in [0.4, 0.5) is 36.8 Å². The third kappa shape index (κ3) is 5.76. The Labute approximate surface area is 245 Å². The molecule has 234 valence electrons. The highest BCUT2D eigenvalue weighted by molar-refractivity contribution is 6.07. The first kappa shape index (κ1) is 32.2. The third-order valence-electron chi connectivity index (χ3n) is 7.06. The van der Waals surface area contributed by atoms with E-state index >= 15 is 0 Å². The molecule has 0 aliphatic carbocycles. The quantitative estimate of drug-likeness (QED) is 0.129. The Morgan fingerprint density at radius 3 is 2.23 bits per heavy atom. The minimum absolute atomic E-state index is 0.00165. The molecule has 1 fully saturated rings. The summed E-state index contributed by atoms with van der Waals surface area (Å²) in [7, 11) is 0. The summed E-state index contributed by atoms with van der Waals surface area (Å²) in [5.41, 5.74) is -7.89. The van der Waals surface area contributed by atoms with Crippen LogP contribution in [-0.2, 0) is 28.9 Å². The molecule has 0 saturated carbocycles. The molecule has 0 radical (unpaired) electrons. The van der Waals surface area contributed by atoms with Gasteiger partial charge >= 0.3 is 18.4 Å². The summed E-state index contributed by atoms with van der Waals surface area (Å²) >= 11 is 0. The highest BCUT2D eigenvalue weighted by Crippen LogP contribution is 2.50. The normalized spacial score (nSPS) is 17.5. The molecular weight excluding hydrogens is 602 g/mol. The molecule has 10 nitrogen and oxygen atoms in total. The van der Waals surface area contributed by atoms with Crippen molar-refractivity contribution in [1.82, 2.24) is 15.2 Å². The van der Waals surface area contributed by atoms with Gasteiger partial charge in [-0.1, -0.05) is 25.5 Å². The van der Waals surface area contributed by atoms with E-state index in [0.717, 1.165) is 11.0 Å². The second-order valence-corrected chi connectivity index (χ2v) is 10.1. The molecule has 1 atom stereocenters. The summed E-state index contributed by atoms with van der Waals surface area (Å²) in [6.07, 6.45) is -11.8. The summed E-state index contributed by atoms with van der Waals surface area (Å²) < 4.78 is 86.2. The lowest BCUT2D eigenvalue weighted by Gasteiger charge is -2.33. The van der Waals surface area contributed by atoms with Crippen LogP contribution in [0, 0.1) is 10.1 Å². The number of nitro benzene ring substituents is 1. The van der Waals surface area contributed by atoms with Crippen LogP contribution in [0.3, 0.4) is 0 Å². The van der Waals surface area contributed by atoms with E-state index in [1.807, 2.05) is 0 Å². The van der Waals surface area contributed by atoms with Crippen LogP contribution < -0.4 is 10.1 Å². The minimum atomic E-state index is -6.05. The van der Waals surface area contributed by atoms with E-state index in [2.05, 4.69) is 10.3 Å². The van der Waals surface area contributed by atoms with Crippen LogP contribution in [0.25, 0.3) is 0 Å². The lowest BCUT2D eigenvalue weighted by molar-refractivity contribution is -0.384. The number of nitro groups is 1. The van der Waals surface area contributed by atoms with E-state index in [1.165, 1.54) is 49.4 Å². The number of pyridine rings is 1. The minimum Gasteiger partial charge on any atom is -0.439 e. The van der Waals surface area contributed by atoms with Gasteiger partial charge in [-0.05, 0) is 54.8 Å². The Balaban J connectivity index is 1.58. The van der Waals surface area contributed by atoms with Crippen molar-refractivity contribution in [2.24, 2.45) is 0 Å². The predicted molar refractivity (Wildman–Crippen MR) is 140 cm³/mol. The van der Waals surface area contributed by atoms with Crippen molar-refractivity contribution in [2.75, 3.05) is 0 Å². The topological polar surface area (TPSA) is 135 Å². The molecule has 1 aliphatic rings. The summed E-state index contributed by atoms with van der Waals surface area (Å²) in [6, 6.07) is 10.5. The Bertz CT molecular complexity index is 1580. The number of benzene rings is 2. The SMILES string of the molecule is CCCc1cc(C(O)(C(F)(F)F)C(F)(F)F)ccc1Oc1cccc(CN2C(=O)NC(C)(c3ccc([N+](=O)[O-])cc3)C2=O)n1. The number of carbonyl (C=O) groups is 2. The van der Waals surface area contributed by atoms with Crippen molar-refractivity contribution >= 4 is 17.6 Å². The lowest BCUT2D eigenvalue weighted by atomic mass is 9.90. The molecule has 2 N–H and O–H groups in total. The number of urea groups is 1.